The minimum absolute atomic E-state index is 0.153. The first-order valence-corrected chi connectivity index (χ1v) is 6.79. The van der Waals surface area contributed by atoms with Gasteiger partial charge >= 0.3 is 0 Å². The lowest BCUT2D eigenvalue weighted by Crippen LogP contribution is -2.32. The third kappa shape index (κ3) is 1.96. The van der Waals surface area contributed by atoms with Crippen molar-refractivity contribution in [3.63, 3.8) is 0 Å². The van der Waals surface area contributed by atoms with E-state index in [-0.39, 0.29) is 5.60 Å². The second kappa shape index (κ2) is 4.35. The molecular formula is C15H16OS. The molecule has 88 valence electrons. The van der Waals surface area contributed by atoms with Crippen molar-refractivity contribution >= 4 is 12.0 Å². The summed E-state index contributed by atoms with van der Waals surface area (Å²) < 4.78 is 6.11. The van der Waals surface area contributed by atoms with Crippen molar-refractivity contribution in [1.82, 2.24) is 0 Å². The fraction of sp³-hybridized carbons (Fsp3) is 0.333. The number of fused-ring (bicyclic) bond motifs is 2. The van der Waals surface area contributed by atoms with Crippen LogP contribution in [0.4, 0.5) is 0 Å². The molecular weight excluding hydrogens is 228 g/mol. The van der Waals surface area contributed by atoms with Crippen LogP contribution in [0.2, 0.25) is 0 Å². The zero-order chi connectivity index (χ0) is 11.7. The highest BCUT2D eigenvalue weighted by Gasteiger charge is 2.48. The SMILES string of the molecule is C=CC1(OSc2ccccc2)CC2C=CC1C2. The molecule has 3 rings (SSSR count). The van der Waals surface area contributed by atoms with E-state index in [1.165, 1.54) is 18.5 Å². The summed E-state index contributed by atoms with van der Waals surface area (Å²) in [5, 5.41) is 0. The van der Waals surface area contributed by atoms with Crippen molar-refractivity contribution in [1.29, 1.82) is 0 Å². The summed E-state index contributed by atoms with van der Waals surface area (Å²) in [5.41, 5.74) is -0.153. The molecule has 0 spiro atoms. The molecule has 3 unspecified atom stereocenters. The zero-order valence-corrected chi connectivity index (χ0v) is 10.5. The standard InChI is InChI=1S/C15H16OS/c1-2-15(11-12-8-9-13(15)10-12)16-17-14-6-4-3-5-7-14/h2-9,12-13H,1,10-11H2. The minimum atomic E-state index is -0.153. The molecule has 0 radical (unpaired) electrons. The van der Waals surface area contributed by atoms with Gasteiger partial charge in [-0.15, -0.1) is 6.58 Å². The van der Waals surface area contributed by atoms with Gasteiger partial charge in [0, 0.05) is 22.9 Å². The van der Waals surface area contributed by atoms with Crippen LogP contribution in [-0.2, 0) is 4.18 Å². The van der Waals surface area contributed by atoms with Crippen LogP contribution >= 0.6 is 12.0 Å². The third-order valence-corrected chi connectivity index (χ3v) is 4.62. The third-order valence-electron chi connectivity index (χ3n) is 3.76. The molecule has 3 atom stereocenters. The molecule has 0 N–H and O–H groups in total. The molecule has 2 heteroatoms. The van der Waals surface area contributed by atoms with Crippen LogP contribution in [0, 0.1) is 11.8 Å². The minimum Gasteiger partial charge on any atom is -0.299 e. The van der Waals surface area contributed by atoms with Crippen LogP contribution in [-0.4, -0.2) is 5.60 Å². The molecule has 1 fully saturated rings. The predicted molar refractivity (Wildman–Crippen MR) is 71.7 cm³/mol. The van der Waals surface area contributed by atoms with E-state index in [1.54, 1.807) is 0 Å². The van der Waals surface area contributed by atoms with E-state index in [1.807, 2.05) is 24.3 Å². The van der Waals surface area contributed by atoms with Crippen molar-refractivity contribution in [2.75, 3.05) is 0 Å². The summed E-state index contributed by atoms with van der Waals surface area (Å²) in [7, 11) is 0. The molecule has 0 aromatic heterocycles. The summed E-state index contributed by atoms with van der Waals surface area (Å²) in [6, 6.07) is 10.2. The number of rotatable bonds is 4. The molecule has 2 bridgehead atoms. The van der Waals surface area contributed by atoms with Crippen LogP contribution in [0.3, 0.4) is 0 Å². The Morgan fingerprint density at radius 2 is 2.12 bits per heavy atom. The molecule has 2 aliphatic carbocycles. The quantitative estimate of drug-likeness (QED) is 0.579. The maximum absolute atomic E-state index is 6.11. The van der Waals surface area contributed by atoms with Crippen molar-refractivity contribution in [2.45, 2.75) is 23.3 Å². The fourth-order valence-corrected chi connectivity index (χ4v) is 3.60. The van der Waals surface area contributed by atoms with Crippen molar-refractivity contribution in [3.05, 3.63) is 55.1 Å². The fourth-order valence-electron chi connectivity index (χ4n) is 2.82. The van der Waals surface area contributed by atoms with E-state index in [9.17, 15) is 0 Å². The Morgan fingerprint density at radius 3 is 2.71 bits per heavy atom. The second-order valence-electron chi connectivity index (χ2n) is 4.83. The topological polar surface area (TPSA) is 9.23 Å². The lowest BCUT2D eigenvalue weighted by molar-refractivity contribution is 0.121. The zero-order valence-electron chi connectivity index (χ0n) is 9.71. The summed E-state index contributed by atoms with van der Waals surface area (Å²) in [5.74, 6) is 1.20. The van der Waals surface area contributed by atoms with Gasteiger partial charge in [0.25, 0.3) is 0 Å². The highest BCUT2D eigenvalue weighted by molar-refractivity contribution is 7.94. The van der Waals surface area contributed by atoms with Gasteiger partial charge in [-0.25, -0.2) is 0 Å². The van der Waals surface area contributed by atoms with Crippen molar-refractivity contribution < 1.29 is 4.18 Å². The number of hydrogen-bond acceptors (Lipinski definition) is 2. The van der Waals surface area contributed by atoms with Gasteiger partial charge < -0.3 is 0 Å². The first-order chi connectivity index (χ1) is 8.32. The molecule has 1 nitrogen and oxygen atoms in total. The molecule has 1 aromatic rings. The molecule has 0 amide bonds. The van der Waals surface area contributed by atoms with Gasteiger partial charge in [-0.3, -0.25) is 4.18 Å². The molecule has 17 heavy (non-hydrogen) atoms. The average Bonchev–Trinajstić information content (AvgIpc) is 2.98. The van der Waals surface area contributed by atoms with E-state index in [4.69, 9.17) is 4.18 Å². The Hall–Kier alpha value is -0.990. The Kier molecular flexibility index (Phi) is 2.85. The average molecular weight is 244 g/mol. The number of benzene rings is 1. The number of hydrogen-bond donors (Lipinski definition) is 0. The Labute approximate surface area is 107 Å². The lowest BCUT2D eigenvalue weighted by Gasteiger charge is -2.31. The summed E-state index contributed by atoms with van der Waals surface area (Å²) in [6.45, 7) is 3.97. The summed E-state index contributed by atoms with van der Waals surface area (Å²) in [6.07, 6.45) is 8.92. The first kappa shape index (κ1) is 11.1. The highest BCUT2D eigenvalue weighted by atomic mass is 32.2. The van der Waals surface area contributed by atoms with Gasteiger partial charge in [0.2, 0.25) is 0 Å². The second-order valence-corrected chi connectivity index (χ2v) is 5.63. The maximum atomic E-state index is 6.11. The Morgan fingerprint density at radius 1 is 1.29 bits per heavy atom. The summed E-state index contributed by atoms with van der Waals surface area (Å²) in [4.78, 5) is 1.15. The smallest absolute Gasteiger partial charge is 0.108 e. The normalized spacial score (nSPS) is 34.1. The molecule has 1 saturated carbocycles. The van der Waals surface area contributed by atoms with Crippen LogP contribution in [0.25, 0.3) is 0 Å². The molecule has 0 heterocycles. The van der Waals surface area contributed by atoms with Gasteiger partial charge in [-0.05, 0) is 30.9 Å². The van der Waals surface area contributed by atoms with E-state index in [2.05, 4.69) is 30.9 Å². The maximum Gasteiger partial charge on any atom is 0.108 e. The number of allylic oxidation sites excluding steroid dienone is 1. The monoisotopic (exact) mass is 244 g/mol. The predicted octanol–water partition coefficient (Wildman–Crippen LogP) is 4.23. The highest BCUT2D eigenvalue weighted by Crippen LogP contribution is 2.51. The Bertz CT molecular complexity index is 439. The summed E-state index contributed by atoms with van der Waals surface area (Å²) >= 11 is 1.48. The van der Waals surface area contributed by atoms with Gasteiger partial charge in [0.05, 0.1) is 0 Å². The Balaban J connectivity index is 1.72. The van der Waals surface area contributed by atoms with E-state index in [0.717, 1.165) is 11.3 Å². The van der Waals surface area contributed by atoms with Gasteiger partial charge in [-0.2, -0.15) is 0 Å². The van der Waals surface area contributed by atoms with Crippen LogP contribution < -0.4 is 0 Å². The largest absolute Gasteiger partial charge is 0.299 e. The lowest BCUT2D eigenvalue weighted by atomic mass is 9.89. The molecule has 0 saturated heterocycles. The van der Waals surface area contributed by atoms with Gasteiger partial charge in [-0.1, -0.05) is 36.4 Å². The van der Waals surface area contributed by atoms with Gasteiger partial charge in [0.15, 0.2) is 0 Å². The molecule has 2 aliphatic rings. The van der Waals surface area contributed by atoms with E-state index >= 15 is 0 Å². The van der Waals surface area contributed by atoms with E-state index in [0.29, 0.717) is 11.8 Å². The van der Waals surface area contributed by atoms with Crippen LogP contribution in [0.15, 0.2) is 60.0 Å². The van der Waals surface area contributed by atoms with Gasteiger partial charge in [0.1, 0.15) is 5.60 Å². The molecule has 1 aromatic carbocycles. The van der Waals surface area contributed by atoms with Crippen molar-refractivity contribution in [3.8, 4) is 0 Å². The van der Waals surface area contributed by atoms with E-state index < -0.39 is 0 Å². The van der Waals surface area contributed by atoms with Crippen LogP contribution in [0.5, 0.6) is 0 Å². The van der Waals surface area contributed by atoms with Crippen molar-refractivity contribution in [2.24, 2.45) is 11.8 Å². The van der Waals surface area contributed by atoms with Crippen LogP contribution in [0.1, 0.15) is 12.8 Å². The molecule has 0 aliphatic heterocycles. The first-order valence-electron chi connectivity index (χ1n) is 6.05.